The molecule has 2 atom stereocenters. The van der Waals surface area contributed by atoms with Gasteiger partial charge in [-0.3, -0.25) is 5.41 Å². The minimum absolute atomic E-state index is 0.00944. The Morgan fingerprint density at radius 3 is 2.72 bits per heavy atom. The fourth-order valence-electron chi connectivity index (χ4n) is 5.08. The summed E-state index contributed by atoms with van der Waals surface area (Å²) < 4.78 is 6.19. The lowest BCUT2D eigenvalue weighted by Crippen LogP contribution is -2.37. The van der Waals surface area contributed by atoms with E-state index < -0.39 is 0 Å². The van der Waals surface area contributed by atoms with Crippen LogP contribution < -0.4 is 11.1 Å². The van der Waals surface area contributed by atoms with Gasteiger partial charge in [-0.2, -0.15) is 0 Å². The number of hydrogen-bond donors (Lipinski definition) is 4. The molecule has 0 bridgehead atoms. The first kappa shape index (κ1) is 21.2. The zero-order valence-electron chi connectivity index (χ0n) is 18.1. The van der Waals surface area contributed by atoms with Crippen LogP contribution in [0.4, 0.5) is 5.69 Å². The van der Waals surface area contributed by atoms with Crippen LogP contribution >= 0.6 is 11.6 Å². The highest BCUT2D eigenvalue weighted by molar-refractivity contribution is 6.31. The highest BCUT2D eigenvalue weighted by Crippen LogP contribution is 2.37. The molecule has 2 aromatic carbocycles. The minimum atomic E-state index is -0.0289. The highest BCUT2D eigenvalue weighted by Gasteiger charge is 2.36. The smallest absolute Gasteiger partial charge is 0.189 e. The molecule has 0 spiro atoms. The Kier molecular flexibility index (Phi) is 5.98. The maximum Gasteiger partial charge on any atom is 0.189 e. The van der Waals surface area contributed by atoms with E-state index in [0.717, 1.165) is 39.3 Å². The number of nitrogens with zero attached hydrogens (tertiary/aromatic N) is 1. The van der Waals surface area contributed by atoms with E-state index >= 15 is 0 Å². The standard InChI is InChI=1S/C25H30ClN5O/c26-18-10-17-11-21(30-24(17)22(12-18)29-19-8-4-5-9-19)23-13-20(14-31(23)25(27)28)32-15-16-6-2-1-3-7-16/h1-3,6-7,10-12,19-20,23,29-30H,4-5,8-9,13-15H2,(H3,27,28)/t20-,23+/m1/s1. The van der Waals surface area contributed by atoms with Gasteiger partial charge in [0.1, 0.15) is 0 Å². The summed E-state index contributed by atoms with van der Waals surface area (Å²) in [7, 11) is 0. The molecular weight excluding hydrogens is 422 g/mol. The molecule has 1 aliphatic carbocycles. The number of aromatic amines is 1. The molecule has 5 N–H and O–H groups in total. The number of fused-ring (bicyclic) bond motifs is 1. The quantitative estimate of drug-likeness (QED) is 0.298. The van der Waals surface area contributed by atoms with Crippen molar-refractivity contribution in [2.45, 2.75) is 56.9 Å². The zero-order chi connectivity index (χ0) is 22.1. The number of anilines is 1. The van der Waals surface area contributed by atoms with Crippen LogP contribution in [0.3, 0.4) is 0 Å². The monoisotopic (exact) mass is 451 g/mol. The van der Waals surface area contributed by atoms with Crippen molar-refractivity contribution < 1.29 is 4.74 Å². The van der Waals surface area contributed by atoms with E-state index in [1.807, 2.05) is 35.2 Å². The molecule has 6 nitrogen and oxygen atoms in total. The Bertz CT molecular complexity index is 1090. The lowest BCUT2D eigenvalue weighted by Gasteiger charge is -2.23. The molecule has 1 aliphatic heterocycles. The second kappa shape index (κ2) is 9.04. The summed E-state index contributed by atoms with van der Waals surface area (Å²) in [5.41, 5.74) is 10.3. The van der Waals surface area contributed by atoms with Gasteiger partial charge in [-0.05, 0) is 36.6 Å². The number of aromatic nitrogens is 1. The van der Waals surface area contributed by atoms with E-state index in [1.54, 1.807) is 0 Å². The lowest BCUT2D eigenvalue weighted by atomic mass is 10.1. The summed E-state index contributed by atoms with van der Waals surface area (Å²) in [6.45, 7) is 1.16. The third-order valence-corrected chi connectivity index (χ3v) is 6.91. The summed E-state index contributed by atoms with van der Waals surface area (Å²) in [5.74, 6) is 0.0711. The number of likely N-dealkylation sites (tertiary alicyclic amines) is 1. The Balaban J connectivity index is 1.38. The highest BCUT2D eigenvalue weighted by atomic mass is 35.5. The topological polar surface area (TPSA) is 90.2 Å². The summed E-state index contributed by atoms with van der Waals surface area (Å²) >= 11 is 6.44. The van der Waals surface area contributed by atoms with Crippen LogP contribution in [-0.4, -0.2) is 34.5 Å². The number of hydrogen-bond acceptors (Lipinski definition) is 3. The predicted octanol–water partition coefficient (Wildman–Crippen LogP) is 5.40. The Labute approximate surface area is 193 Å². The number of ether oxygens (including phenoxy) is 1. The molecule has 2 heterocycles. The van der Waals surface area contributed by atoms with Gasteiger partial charge in [-0.15, -0.1) is 0 Å². The molecule has 2 fully saturated rings. The third-order valence-electron chi connectivity index (χ3n) is 6.69. The fourth-order valence-corrected chi connectivity index (χ4v) is 5.31. The van der Waals surface area contributed by atoms with Crippen LogP contribution in [0.2, 0.25) is 5.02 Å². The van der Waals surface area contributed by atoms with Gasteiger partial charge in [-0.25, -0.2) is 0 Å². The first-order chi connectivity index (χ1) is 15.6. The number of halogens is 1. The number of nitrogens with two attached hydrogens (primary N) is 1. The van der Waals surface area contributed by atoms with E-state index in [0.29, 0.717) is 19.2 Å². The fraction of sp³-hybridized carbons (Fsp3) is 0.400. The Morgan fingerprint density at radius 2 is 1.97 bits per heavy atom. The summed E-state index contributed by atoms with van der Waals surface area (Å²) in [5, 5.41) is 13.6. The molecule has 5 rings (SSSR count). The van der Waals surface area contributed by atoms with Gasteiger partial charge in [-0.1, -0.05) is 54.8 Å². The first-order valence-corrected chi connectivity index (χ1v) is 11.8. The molecule has 0 radical (unpaired) electrons. The summed E-state index contributed by atoms with van der Waals surface area (Å²) in [6.07, 6.45) is 5.73. The number of nitrogens with one attached hydrogen (secondary N) is 3. The lowest BCUT2D eigenvalue weighted by molar-refractivity contribution is 0.0496. The van der Waals surface area contributed by atoms with Crippen LogP contribution in [0.25, 0.3) is 10.9 Å². The van der Waals surface area contributed by atoms with Crippen LogP contribution in [0.5, 0.6) is 0 Å². The van der Waals surface area contributed by atoms with Gasteiger partial charge in [0, 0.05) is 35.1 Å². The first-order valence-electron chi connectivity index (χ1n) is 11.4. The van der Waals surface area contributed by atoms with E-state index in [2.05, 4.69) is 28.5 Å². The Morgan fingerprint density at radius 1 is 1.19 bits per heavy atom. The van der Waals surface area contributed by atoms with Gasteiger partial charge in [0.25, 0.3) is 0 Å². The van der Waals surface area contributed by atoms with Crippen molar-refractivity contribution in [2.75, 3.05) is 11.9 Å². The molecular formula is C25H30ClN5O. The normalized spacial score (nSPS) is 21.5. The van der Waals surface area contributed by atoms with Crippen LogP contribution in [0.15, 0.2) is 48.5 Å². The van der Waals surface area contributed by atoms with Gasteiger partial charge in [0.2, 0.25) is 0 Å². The molecule has 1 saturated carbocycles. The van der Waals surface area contributed by atoms with Gasteiger partial charge in [0.05, 0.1) is 30.0 Å². The molecule has 7 heteroatoms. The van der Waals surface area contributed by atoms with Crippen molar-refractivity contribution in [3.63, 3.8) is 0 Å². The maximum atomic E-state index is 8.12. The van der Waals surface area contributed by atoms with Crippen molar-refractivity contribution >= 4 is 34.2 Å². The predicted molar refractivity (Wildman–Crippen MR) is 130 cm³/mol. The SMILES string of the molecule is N=C(N)N1C[C@H](OCc2ccccc2)C[C@H]1c1cc2cc(Cl)cc(NC3CCCC3)c2[nH]1. The van der Waals surface area contributed by atoms with Crippen LogP contribution in [-0.2, 0) is 11.3 Å². The van der Waals surface area contributed by atoms with Crippen LogP contribution in [0, 0.1) is 5.41 Å². The summed E-state index contributed by atoms with van der Waals surface area (Å²) in [6, 6.07) is 16.8. The molecule has 1 aromatic heterocycles. The van der Waals surface area contributed by atoms with Crippen LogP contribution in [0.1, 0.15) is 49.4 Å². The van der Waals surface area contributed by atoms with Gasteiger partial charge < -0.3 is 25.7 Å². The molecule has 2 aliphatic rings. The molecule has 168 valence electrons. The van der Waals surface area contributed by atoms with E-state index in [1.165, 1.54) is 25.7 Å². The second-order valence-electron chi connectivity index (χ2n) is 8.98. The second-order valence-corrected chi connectivity index (χ2v) is 9.41. The average molecular weight is 452 g/mol. The van der Waals surface area contributed by atoms with Crippen molar-refractivity contribution in [3.8, 4) is 0 Å². The van der Waals surface area contributed by atoms with Gasteiger partial charge >= 0.3 is 0 Å². The Hall–Kier alpha value is -2.70. The van der Waals surface area contributed by atoms with Crippen molar-refractivity contribution in [1.29, 1.82) is 5.41 Å². The third kappa shape index (κ3) is 4.43. The van der Waals surface area contributed by atoms with E-state index in [9.17, 15) is 0 Å². The molecule has 32 heavy (non-hydrogen) atoms. The van der Waals surface area contributed by atoms with E-state index in [4.69, 9.17) is 27.5 Å². The number of guanidine groups is 1. The van der Waals surface area contributed by atoms with Crippen molar-refractivity contribution in [3.05, 3.63) is 64.8 Å². The van der Waals surface area contributed by atoms with Crippen molar-refractivity contribution in [1.82, 2.24) is 9.88 Å². The van der Waals surface area contributed by atoms with Crippen molar-refractivity contribution in [2.24, 2.45) is 5.73 Å². The minimum Gasteiger partial charge on any atom is -0.381 e. The maximum absolute atomic E-state index is 8.12. The molecule has 0 unspecified atom stereocenters. The van der Waals surface area contributed by atoms with Gasteiger partial charge in [0.15, 0.2) is 5.96 Å². The largest absolute Gasteiger partial charge is 0.381 e. The number of benzene rings is 2. The number of rotatable bonds is 6. The number of H-pyrrole nitrogens is 1. The molecule has 3 aromatic rings. The summed E-state index contributed by atoms with van der Waals surface area (Å²) in [4.78, 5) is 5.54. The molecule has 0 amide bonds. The molecule has 1 saturated heterocycles. The zero-order valence-corrected chi connectivity index (χ0v) is 18.9. The average Bonchev–Trinajstić information content (AvgIpc) is 3.52. The van der Waals surface area contributed by atoms with E-state index in [-0.39, 0.29) is 18.1 Å².